The fraction of sp³-hybridized carbons (Fsp3) is 0.231. The molecule has 0 aliphatic heterocycles. The summed E-state index contributed by atoms with van der Waals surface area (Å²) >= 11 is 5.71. The van der Waals surface area contributed by atoms with Crippen molar-refractivity contribution in [3.05, 3.63) is 42.2 Å². The van der Waals surface area contributed by atoms with E-state index in [-0.39, 0.29) is 0 Å². The van der Waals surface area contributed by atoms with Gasteiger partial charge in [-0.25, -0.2) is 9.97 Å². The molecule has 0 fully saturated rings. The van der Waals surface area contributed by atoms with Crippen molar-refractivity contribution >= 4 is 23.2 Å². The number of hydrogen-bond donors (Lipinski definition) is 0. The molecule has 0 aliphatic rings. The monoisotopic (exact) mass is 263 g/mol. The predicted molar refractivity (Wildman–Crippen MR) is 72.6 cm³/mol. The van der Waals surface area contributed by atoms with E-state index in [2.05, 4.69) is 9.97 Å². The maximum atomic E-state index is 5.71. The van der Waals surface area contributed by atoms with Crippen LogP contribution in [0, 0.1) is 0 Å². The first-order valence-corrected chi connectivity index (χ1v) is 6.02. The van der Waals surface area contributed by atoms with Crippen molar-refractivity contribution < 1.29 is 4.74 Å². The van der Waals surface area contributed by atoms with E-state index in [1.807, 2.05) is 36.2 Å². The van der Waals surface area contributed by atoms with Gasteiger partial charge >= 0.3 is 0 Å². The van der Waals surface area contributed by atoms with Gasteiger partial charge in [0, 0.05) is 36.8 Å². The highest BCUT2D eigenvalue weighted by atomic mass is 35.5. The zero-order valence-corrected chi connectivity index (χ0v) is 11.1. The molecule has 2 aromatic rings. The Hall–Kier alpha value is -1.81. The molecule has 0 bridgehead atoms. The molecule has 2 rings (SSSR count). The van der Waals surface area contributed by atoms with Gasteiger partial charge in [0.05, 0.1) is 13.0 Å². The average Bonchev–Trinajstić information content (AvgIpc) is 2.46. The van der Waals surface area contributed by atoms with Crippen LogP contribution in [0.5, 0.6) is 5.75 Å². The van der Waals surface area contributed by atoms with E-state index in [0.29, 0.717) is 11.8 Å². The zero-order valence-electron chi connectivity index (χ0n) is 10.3. The van der Waals surface area contributed by atoms with Gasteiger partial charge in [0.15, 0.2) is 0 Å². The summed E-state index contributed by atoms with van der Waals surface area (Å²) < 4.78 is 5.19. The number of nitrogens with zero attached hydrogens (tertiary/aromatic N) is 3. The van der Waals surface area contributed by atoms with Crippen LogP contribution in [0.4, 0.5) is 11.6 Å². The summed E-state index contributed by atoms with van der Waals surface area (Å²) in [5.41, 5.74) is 1.87. The standard InChI is InChI=1S/C13H14ClN3O/c1-17(11-4-3-5-12(6-11)18-2)13-15-8-10(7-14)9-16-13/h3-6,8-9H,7H2,1-2H3. The molecule has 1 aromatic heterocycles. The smallest absolute Gasteiger partial charge is 0.229 e. The number of rotatable bonds is 4. The second-order valence-electron chi connectivity index (χ2n) is 3.79. The van der Waals surface area contributed by atoms with Crippen molar-refractivity contribution in [2.75, 3.05) is 19.1 Å². The Morgan fingerprint density at radius 3 is 2.61 bits per heavy atom. The molecular formula is C13H14ClN3O. The van der Waals surface area contributed by atoms with Gasteiger partial charge in [-0.15, -0.1) is 11.6 Å². The Bertz CT molecular complexity index is 516. The van der Waals surface area contributed by atoms with Gasteiger partial charge in [-0.2, -0.15) is 0 Å². The van der Waals surface area contributed by atoms with Crippen molar-refractivity contribution in [1.82, 2.24) is 9.97 Å². The third-order valence-electron chi connectivity index (χ3n) is 2.59. The fourth-order valence-electron chi connectivity index (χ4n) is 1.52. The molecule has 0 atom stereocenters. The Balaban J connectivity index is 2.25. The first-order valence-electron chi connectivity index (χ1n) is 5.49. The van der Waals surface area contributed by atoms with E-state index in [1.165, 1.54) is 0 Å². The topological polar surface area (TPSA) is 38.2 Å². The maximum absolute atomic E-state index is 5.71. The quantitative estimate of drug-likeness (QED) is 0.795. The first-order chi connectivity index (χ1) is 8.74. The summed E-state index contributed by atoms with van der Waals surface area (Å²) in [6.45, 7) is 0. The molecule has 0 N–H and O–H groups in total. The molecule has 1 heterocycles. The summed E-state index contributed by atoms with van der Waals surface area (Å²) in [6.07, 6.45) is 3.46. The predicted octanol–water partition coefficient (Wildman–Crippen LogP) is 2.99. The van der Waals surface area contributed by atoms with Crippen molar-refractivity contribution in [1.29, 1.82) is 0 Å². The highest BCUT2D eigenvalue weighted by molar-refractivity contribution is 6.17. The van der Waals surface area contributed by atoms with E-state index in [4.69, 9.17) is 16.3 Å². The average molecular weight is 264 g/mol. The van der Waals surface area contributed by atoms with E-state index in [0.717, 1.165) is 17.0 Å². The first kappa shape index (κ1) is 12.6. The zero-order chi connectivity index (χ0) is 13.0. The largest absolute Gasteiger partial charge is 0.497 e. The number of methoxy groups -OCH3 is 1. The van der Waals surface area contributed by atoms with Crippen LogP contribution in [0.1, 0.15) is 5.56 Å². The molecular weight excluding hydrogens is 250 g/mol. The number of halogens is 1. The van der Waals surface area contributed by atoms with Crippen molar-refractivity contribution in [3.63, 3.8) is 0 Å². The van der Waals surface area contributed by atoms with Gasteiger partial charge in [0.1, 0.15) is 5.75 Å². The lowest BCUT2D eigenvalue weighted by molar-refractivity contribution is 0.415. The lowest BCUT2D eigenvalue weighted by Crippen LogP contribution is -2.13. The third-order valence-corrected chi connectivity index (χ3v) is 2.90. The Kier molecular flexibility index (Phi) is 3.99. The SMILES string of the molecule is COc1cccc(N(C)c2ncc(CCl)cn2)c1. The van der Waals surface area contributed by atoms with Crippen LogP contribution >= 0.6 is 11.6 Å². The number of ether oxygens (including phenoxy) is 1. The van der Waals surface area contributed by atoms with Crippen LogP contribution in [0.15, 0.2) is 36.7 Å². The van der Waals surface area contributed by atoms with Gasteiger partial charge in [-0.1, -0.05) is 6.07 Å². The fourth-order valence-corrected chi connectivity index (χ4v) is 1.66. The molecule has 5 heteroatoms. The van der Waals surface area contributed by atoms with Crippen LogP contribution in [0.2, 0.25) is 0 Å². The molecule has 0 amide bonds. The van der Waals surface area contributed by atoms with E-state index in [9.17, 15) is 0 Å². The Morgan fingerprint density at radius 1 is 1.28 bits per heavy atom. The van der Waals surface area contributed by atoms with E-state index >= 15 is 0 Å². The van der Waals surface area contributed by atoms with Gasteiger partial charge < -0.3 is 9.64 Å². The minimum Gasteiger partial charge on any atom is -0.497 e. The number of hydrogen-bond acceptors (Lipinski definition) is 4. The number of aromatic nitrogens is 2. The number of anilines is 2. The van der Waals surface area contributed by atoms with Crippen LogP contribution in [0.25, 0.3) is 0 Å². The normalized spacial score (nSPS) is 10.2. The molecule has 0 spiro atoms. The van der Waals surface area contributed by atoms with E-state index in [1.54, 1.807) is 19.5 Å². The Morgan fingerprint density at radius 2 is 2.00 bits per heavy atom. The molecule has 0 saturated heterocycles. The summed E-state index contributed by atoms with van der Waals surface area (Å²) in [4.78, 5) is 10.4. The third kappa shape index (κ3) is 2.71. The molecule has 1 aromatic carbocycles. The van der Waals surface area contributed by atoms with Crippen molar-refractivity contribution in [2.24, 2.45) is 0 Å². The molecule has 0 radical (unpaired) electrons. The summed E-state index contributed by atoms with van der Waals surface area (Å²) in [7, 11) is 3.55. The van der Waals surface area contributed by atoms with Gasteiger partial charge in [-0.3, -0.25) is 0 Å². The van der Waals surface area contributed by atoms with Crippen molar-refractivity contribution in [3.8, 4) is 5.75 Å². The Labute approximate surface area is 111 Å². The van der Waals surface area contributed by atoms with Gasteiger partial charge in [0.2, 0.25) is 5.95 Å². The summed E-state index contributed by atoms with van der Waals surface area (Å²) in [6, 6.07) is 7.73. The maximum Gasteiger partial charge on any atom is 0.229 e. The second-order valence-corrected chi connectivity index (χ2v) is 4.05. The van der Waals surface area contributed by atoms with Crippen LogP contribution < -0.4 is 9.64 Å². The van der Waals surface area contributed by atoms with Crippen LogP contribution in [0.3, 0.4) is 0 Å². The lowest BCUT2D eigenvalue weighted by atomic mass is 10.3. The second kappa shape index (κ2) is 5.69. The number of alkyl halides is 1. The highest BCUT2D eigenvalue weighted by Gasteiger charge is 2.07. The minimum atomic E-state index is 0.420. The molecule has 4 nitrogen and oxygen atoms in total. The molecule has 0 unspecified atom stereocenters. The molecule has 0 aliphatic carbocycles. The highest BCUT2D eigenvalue weighted by Crippen LogP contribution is 2.24. The van der Waals surface area contributed by atoms with Gasteiger partial charge in [-0.05, 0) is 12.1 Å². The van der Waals surface area contributed by atoms with Crippen LogP contribution in [-0.4, -0.2) is 24.1 Å². The number of benzene rings is 1. The molecule has 94 valence electrons. The summed E-state index contributed by atoms with van der Waals surface area (Å²) in [5.74, 6) is 1.84. The molecule has 18 heavy (non-hydrogen) atoms. The lowest BCUT2D eigenvalue weighted by Gasteiger charge is -2.17. The van der Waals surface area contributed by atoms with Crippen molar-refractivity contribution in [2.45, 2.75) is 5.88 Å². The molecule has 0 saturated carbocycles. The van der Waals surface area contributed by atoms with Gasteiger partial charge in [0.25, 0.3) is 0 Å². The van der Waals surface area contributed by atoms with E-state index < -0.39 is 0 Å². The minimum absolute atomic E-state index is 0.420. The summed E-state index contributed by atoms with van der Waals surface area (Å²) in [5, 5.41) is 0. The van der Waals surface area contributed by atoms with Crippen LogP contribution in [-0.2, 0) is 5.88 Å².